The van der Waals surface area contributed by atoms with E-state index in [9.17, 15) is 0 Å². The monoisotopic (exact) mass is 289 g/mol. The molecular weight excluding hydrogens is 262 g/mol. The Kier molecular flexibility index (Phi) is 4.76. The van der Waals surface area contributed by atoms with Gasteiger partial charge >= 0.3 is 0 Å². The molecule has 0 atom stereocenters. The molecule has 0 amide bonds. The normalized spacial score (nSPS) is 22.9. The van der Waals surface area contributed by atoms with Crippen molar-refractivity contribution in [2.24, 2.45) is 0 Å². The van der Waals surface area contributed by atoms with Crippen LogP contribution in [0.2, 0.25) is 0 Å². The number of methoxy groups -OCH3 is 1. The molecule has 0 aromatic carbocycles. The Balaban J connectivity index is 1.68. The number of hydrogen-bond donors (Lipinski definition) is 1. The van der Waals surface area contributed by atoms with Crippen molar-refractivity contribution in [1.82, 2.24) is 15.2 Å². The molecule has 21 heavy (non-hydrogen) atoms. The Hall–Kier alpha value is -1.13. The van der Waals surface area contributed by atoms with Gasteiger partial charge in [0.15, 0.2) is 0 Å². The lowest BCUT2D eigenvalue weighted by atomic mass is 9.81. The third-order valence-electron chi connectivity index (χ3n) is 4.86. The van der Waals surface area contributed by atoms with Crippen LogP contribution in [0.5, 0.6) is 5.88 Å². The first kappa shape index (κ1) is 14.8. The quantitative estimate of drug-likeness (QED) is 0.928. The Labute approximate surface area is 127 Å². The number of nitrogens with one attached hydrogen (secondary N) is 1. The molecule has 0 bridgehead atoms. The fourth-order valence-corrected chi connectivity index (χ4v) is 3.81. The van der Waals surface area contributed by atoms with Crippen molar-refractivity contribution in [3.63, 3.8) is 0 Å². The molecule has 1 aromatic heterocycles. The number of ether oxygens (including phenoxy) is 1. The van der Waals surface area contributed by atoms with Crippen LogP contribution in [0.4, 0.5) is 0 Å². The predicted molar refractivity (Wildman–Crippen MR) is 84.5 cm³/mol. The first-order valence-corrected chi connectivity index (χ1v) is 8.27. The largest absolute Gasteiger partial charge is 0.481 e. The standard InChI is InChI=1S/C17H27N3O/c1-21-16-8-5-7-15(19-16)13-20-12-6-11-18-17(14-20)9-3-2-4-10-17/h5,7-8,18H,2-4,6,9-14H2,1H3. The van der Waals surface area contributed by atoms with Gasteiger partial charge in [-0.3, -0.25) is 4.90 Å². The summed E-state index contributed by atoms with van der Waals surface area (Å²) in [5.74, 6) is 0.716. The fraction of sp³-hybridized carbons (Fsp3) is 0.706. The van der Waals surface area contributed by atoms with Crippen molar-refractivity contribution < 1.29 is 4.74 Å². The number of nitrogens with zero attached hydrogens (tertiary/aromatic N) is 2. The van der Waals surface area contributed by atoms with Gasteiger partial charge in [0.1, 0.15) is 0 Å². The highest BCUT2D eigenvalue weighted by molar-refractivity contribution is 5.15. The zero-order valence-electron chi connectivity index (χ0n) is 13.1. The molecule has 4 nitrogen and oxygen atoms in total. The summed E-state index contributed by atoms with van der Waals surface area (Å²) < 4.78 is 5.24. The van der Waals surface area contributed by atoms with Crippen LogP contribution in [0.15, 0.2) is 18.2 Å². The van der Waals surface area contributed by atoms with Gasteiger partial charge < -0.3 is 10.1 Å². The zero-order valence-corrected chi connectivity index (χ0v) is 13.1. The number of aromatic nitrogens is 1. The molecule has 1 N–H and O–H groups in total. The van der Waals surface area contributed by atoms with Crippen LogP contribution in [-0.4, -0.2) is 42.2 Å². The Morgan fingerprint density at radius 3 is 2.90 bits per heavy atom. The van der Waals surface area contributed by atoms with Gasteiger partial charge in [-0.2, -0.15) is 0 Å². The predicted octanol–water partition coefficient (Wildman–Crippen LogP) is 2.59. The minimum atomic E-state index is 0.355. The second-order valence-corrected chi connectivity index (χ2v) is 6.50. The molecule has 116 valence electrons. The third-order valence-corrected chi connectivity index (χ3v) is 4.86. The Bertz CT molecular complexity index is 457. The van der Waals surface area contributed by atoms with Crippen molar-refractivity contribution in [2.45, 2.75) is 50.6 Å². The van der Waals surface area contributed by atoms with E-state index < -0.39 is 0 Å². The molecule has 1 aliphatic carbocycles. The van der Waals surface area contributed by atoms with E-state index in [2.05, 4.69) is 21.3 Å². The summed E-state index contributed by atoms with van der Waals surface area (Å²) in [7, 11) is 1.68. The van der Waals surface area contributed by atoms with Crippen LogP contribution in [0, 0.1) is 0 Å². The van der Waals surface area contributed by atoms with Crippen molar-refractivity contribution in [3.05, 3.63) is 23.9 Å². The van der Waals surface area contributed by atoms with Crippen molar-refractivity contribution in [3.8, 4) is 5.88 Å². The summed E-state index contributed by atoms with van der Waals surface area (Å²) >= 11 is 0. The van der Waals surface area contributed by atoms with Crippen molar-refractivity contribution >= 4 is 0 Å². The molecule has 0 unspecified atom stereocenters. The molecule has 1 aromatic rings. The fourth-order valence-electron chi connectivity index (χ4n) is 3.81. The topological polar surface area (TPSA) is 37.4 Å². The summed E-state index contributed by atoms with van der Waals surface area (Å²) in [5.41, 5.74) is 1.47. The van der Waals surface area contributed by atoms with Crippen LogP contribution in [0.3, 0.4) is 0 Å². The Morgan fingerprint density at radius 1 is 1.24 bits per heavy atom. The highest BCUT2D eigenvalue weighted by Gasteiger charge is 2.34. The average molecular weight is 289 g/mol. The maximum absolute atomic E-state index is 5.24. The van der Waals surface area contributed by atoms with Gasteiger partial charge in [0.05, 0.1) is 12.8 Å². The molecule has 1 spiro atoms. The molecule has 3 rings (SSSR count). The minimum absolute atomic E-state index is 0.355. The highest BCUT2D eigenvalue weighted by Crippen LogP contribution is 2.30. The van der Waals surface area contributed by atoms with E-state index in [4.69, 9.17) is 4.74 Å². The number of pyridine rings is 1. The average Bonchev–Trinajstić information content (AvgIpc) is 2.70. The van der Waals surface area contributed by atoms with E-state index in [0.717, 1.165) is 31.9 Å². The molecule has 1 saturated heterocycles. The molecule has 4 heteroatoms. The van der Waals surface area contributed by atoms with Gasteiger partial charge in [0, 0.05) is 24.7 Å². The van der Waals surface area contributed by atoms with Gasteiger partial charge in [0.2, 0.25) is 5.88 Å². The van der Waals surface area contributed by atoms with Crippen LogP contribution in [0.25, 0.3) is 0 Å². The molecule has 1 aliphatic heterocycles. The van der Waals surface area contributed by atoms with E-state index in [0.29, 0.717) is 11.4 Å². The summed E-state index contributed by atoms with van der Waals surface area (Å²) in [4.78, 5) is 7.14. The van der Waals surface area contributed by atoms with Crippen LogP contribution >= 0.6 is 0 Å². The summed E-state index contributed by atoms with van der Waals surface area (Å²) in [6, 6.07) is 6.05. The number of hydrogen-bond acceptors (Lipinski definition) is 4. The maximum Gasteiger partial charge on any atom is 0.213 e. The second-order valence-electron chi connectivity index (χ2n) is 6.50. The molecule has 2 aliphatic rings. The van der Waals surface area contributed by atoms with Gasteiger partial charge in [0.25, 0.3) is 0 Å². The van der Waals surface area contributed by atoms with E-state index in [-0.39, 0.29) is 0 Å². The molecule has 0 radical (unpaired) electrons. The van der Waals surface area contributed by atoms with Crippen LogP contribution in [0.1, 0.15) is 44.2 Å². The summed E-state index contributed by atoms with van der Waals surface area (Å²) in [6.45, 7) is 4.40. The lowest BCUT2D eigenvalue weighted by Crippen LogP contribution is -2.52. The lowest BCUT2D eigenvalue weighted by molar-refractivity contribution is 0.158. The lowest BCUT2D eigenvalue weighted by Gasteiger charge is -2.40. The SMILES string of the molecule is COc1cccc(CN2CCCNC3(CCCCC3)C2)n1. The zero-order chi connectivity index (χ0) is 14.5. The van der Waals surface area contributed by atoms with Crippen molar-refractivity contribution in [1.29, 1.82) is 0 Å². The Morgan fingerprint density at radius 2 is 2.10 bits per heavy atom. The molecular formula is C17H27N3O. The maximum atomic E-state index is 5.24. The summed E-state index contributed by atoms with van der Waals surface area (Å²) in [5, 5.41) is 3.85. The second kappa shape index (κ2) is 6.75. The van der Waals surface area contributed by atoms with E-state index in [1.165, 1.54) is 38.5 Å². The van der Waals surface area contributed by atoms with Gasteiger partial charge in [-0.15, -0.1) is 0 Å². The van der Waals surface area contributed by atoms with Crippen LogP contribution in [-0.2, 0) is 6.54 Å². The first-order valence-electron chi connectivity index (χ1n) is 8.27. The smallest absolute Gasteiger partial charge is 0.213 e. The van der Waals surface area contributed by atoms with E-state index >= 15 is 0 Å². The minimum Gasteiger partial charge on any atom is -0.481 e. The van der Waals surface area contributed by atoms with E-state index in [1.54, 1.807) is 7.11 Å². The summed E-state index contributed by atoms with van der Waals surface area (Å²) in [6.07, 6.45) is 8.03. The van der Waals surface area contributed by atoms with Gasteiger partial charge in [-0.05, 0) is 38.4 Å². The van der Waals surface area contributed by atoms with Gasteiger partial charge in [-0.25, -0.2) is 4.98 Å². The molecule has 1 saturated carbocycles. The van der Waals surface area contributed by atoms with Crippen LogP contribution < -0.4 is 10.1 Å². The molecule has 2 fully saturated rings. The molecule has 2 heterocycles. The highest BCUT2D eigenvalue weighted by atomic mass is 16.5. The van der Waals surface area contributed by atoms with Crippen molar-refractivity contribution in [2.75, 3.05) is 26.7 Å². The van der Waals surface area contributed by atoms with E-state index in [1.807, 2.05) is 12.1 Å². The van der Waals surface area contributed by atoms with Gasteiger partial charge in [-0.1, -0.05) is 25.3 Å². The third kappa shape index (κ3) is 3.74. The number of rotatable bonds is 3. The first-order chi connectivity index (χ1) is 10.3.